The highest BCUT2D eigenvalue weighted by Crippen LogP contribution is 2.30. The van der Waals surface area contributed by atoms with E-state index in [9.17, 15) is 4.79 Å². The van der Waals surface area contributed by atoms with E-state index in [2.05, 4.69) is 47.6 Å². The Kier molecular flexibility index (Phi) is 8.26. The molecule has 6 nitrogen and oxygen atoms in total. The van der Waals surface area contributed by atoms with Crippen LogP contribution in [0.4, 0.5) is 0 Å². The minimum Gasteiger partial charge on any atom is -0.382 e. The molecule has 0 saturated heterocycles. The number of amides is 1. The molecule has 2 aromatic carbocycles. The number of hydrogen-bond acceptors (Lipinski definition) is 5. The highest BCUT2D eigenvalue weighted by Gasteiger charge is 2.22. The van der Waals surface area contributed by atoms with Gasteiger partial charge in [-0.3, -0.25) is 9.36 Å². The van der Waals surface area contributed by atoms with Crippen molar-refractivity contribution in [2.45, 2.75) is 44.5 Å². The van der Waals surface area contributed by atoms with Crippen molar-refractivity contribution in [2.75, 3.05) is 19.8 Å². The van der Waals surface area contributed by atoms with Gasteiger partial charge in [0, 0.05) is 25.3 Å². The van der Waals surface area contributed by atoms with Crippen LogP contribution in [0.5, 0.6) is 0 Å². The minimum atomic E-state index is -0.301. The van der Waals surface area contributed by atoms with Gasteiger partial charge in [-0.2, -0.15) is 0 Å². The van der Waals surface area contributed by atoms with Gasteiger partial charge in [0.1, 0.15) is 0 Å². The topological polar surface area (TPSA) is 69.0 Å². The Labute approximate surface area is 188 Å². The third kappa shape index (κ3) is 5.95. The first kappa shape index (κ1) is 23.0. The second kappa shape index (κ2) is 11.1. The highest BCUT2D eigenvalue weighted by atomic mass is 32.2. The van der Waals surface area contributed by atoms with E-state index in [0.29, 0.717) is 24.9 Å². The van der Waals surface area contributed by atoms with E-state index in [1.54, 1.807) is 0 Å². The van der Waals surface area contributed by atoms with Crippen LogP contribution in [-0.4, -0.2) is 45.7 Å². The Hall–Kier alpha value is -2.64. The van der Waals surface area contributed by atoms with Gasteiger partial charge in [0.2, 0.25) is 5.91 Å². The molecule has 1 N–H and O–H groups in total. The smallest absolute Gasteiger partial charge is 0.233 e. The van der Waals surface area contributed by atoms with E-state index in [1.165, 1.54) is 22.9 Å². The first-order valence-electron chi connectivity index (χ1n) is 10.6. The number of aryl methyl sites for hydroxylation is 2. The van der Waals surface area contributed by atoms with E-state index >= 15 is 0 Å². The average molecular weight is 439 g/mol. The highest BCUT2D eigenvalue weighted by molar-refractivity contribution is 8.00. The predicted molar refractivity (Wildman–Crippen MR) is 126 cm³/mol. The molecular weight excluding hydrogens is 408 g/mol. The van der Waals surface area contributed by atoms with Crippen molar-refractivity contribution >= 4 is 17.7 Å². The van der Waals surface area contributed by atoms with Crippen molar-refractivity contribution in [1.29, 1.82) is 0 Å². The third-order valence-electron chi connectivity index (χ3n) is 5.03. The summed E-state index contributed by atoms with van der Waals surface area (Å²) in [6.45, 7) is 9.99. The lowest BCUT2D eigenvalue weighted by molar-refractivity contribution is -0.120. The third-order valence-corrected chi connectivity index (χ3v) is 6.08. The lowest BCUT2D eigenvalue weighted by Crippen LogP contribution is -2.32. The van der Waals surface area contributed by atoms with Crippen LogP contribution in [0, 0.1) is 13.8 Å². The number of thioether (sulfide) groups is 1. The number of carbonyl (C=O) groups is 1. The van der Waals surface area contributed by atoms with Crippen molar-refractivity contribution in [2.24, 2.45) is 0 Å². The number of rotatable bonds is 10. The van der Waals surface area contributed by atoms with Crippen LogP contribution in [0.15, 0.2) is 53.7 Å². The van der Waals surface area contributed by atoms with Crippen LogP contribution in [0.1, 0.15) is 31.4 Å². The maximum atomic E-state index is 12.6. The molecule has 0 radical (unpaired) electrons. The van der Waals surface area contributed by atoms with Gasteiger partial charge < -0.3 is 10.1 Å². The van der Waals surface area contributed by atoms with E-state index < -0.39 is 0 Å². The molecule has 7 heteroatoms. The number of benzene rings is 2. The minimum absolute atomic E-state index is 0.0163. The molecule has 0 aliphatic heterocycles. The van der Waals surface area contributed by atoms with Crippen molar-refractivity contribution in [1.82, 2.24) is 20.1 Å². The zero-order chi connectivity index (χ0) is 22.2. The van der Waals surface area contributed by atoms with E-state index in [4.69, 9.17) is 4.74 Å². The first-order valence-corrected chi connectivity index (χ1v) is 11.5. The Morgan fingerprint density at radius 1 is 1.13 bits per heavy atom. The summed E-state index contributed by atoms with van der Waals surface area (Å²) in [7, 11) is 0. The second-order valence-electron chi connectivity index (χ2n) is 7.38. The summed E-state index contributed by atoms with van der Waals surface area (Å²) in [5, 5.41) is 12.3. The predicted octanol–water partition coefficient (Wildman–Crippen LogP) is 4.57. The summed E-state index contributed by atoms with van der Waals surface area (Å²) in [5.41, 5.74) is 4.39. The second-order valence-corrected chi connectivity index (χ2v) is 8.69. The Bertz CT molecular complexity index is 1000. The van der Waals surface area contributed by atoms with Crippen molar-refractivity contribution in [3.8, 4) is 17.1 Å². The normalized spacial score (nSPS) is 12.0. The molecule has 0 aliphatic rings. The van der Waals surface area contributed by atoms with Crippen LogP contribution in [0.3, 0.4) is 0 Å². The number of nitrogens with zero attached hydrogens (tertiary/aromatic N) is 3. The summed E-state index contributed by atoms with van der Waals surface area (Å²) >= 11 is 1.41. The van der Waals surface area contributed by atoms with Gasteiger partial charge in [-0.1, -0.05) is 48.2 Å². The maximum absolute atomic E-state index is 12.6. The van der Waals surface area contributed by atoms with Gasteiger partial charge >= 0.3 is 0 Å². The van der Waals surface area contributed by atoms with Gasteiger partial charge in [0.05, 0.1) is 10.9 Å². The number of ether oxygens (including phenoxy) is 1. The van der Waals surface area contributed by atoms with Gasteiger partial charge in [-0.25, -0.2) is 0 Å². The molecule has 31 heavy (non-hydrogen) atoms. The summed E-state index contributed by atoms with van der Waals surface area (Å²) in [4.78, 5) is 12.6. The van der Waals surface area contributed by atoms with Gasteiger partial charge in [-0.05, 0) is 57.4 Å². The largest absolute Gasteiger partial charge is 0.382 e. The van der Waals surface area contributed by atoms with Gasteiger partial charge in [0.25, 0.3) is 0 Å². The summed E-state index contributed by atoms with van der Waals surface area (Å²) in [6.07, 6.45) is 0.800. The maximum Gasteiger partial charge on any atom is 0.233 e. The average Bonchev–Trinajstić information content (AvgIpc) is 3.19. The standard InChI is InChI=1S/C24H30N4O2S/c1-5-30-15-9-14-25-23(29)19(4)31-24-27-26-22(20-10-7-6-8-11-20)28(24)21-13-12-17(2)18(3)16-21/h6-8,10-13,16,19H,5,9,14-15H2,1-4H3,(H,25,29). The fraction of sp³-hybridized carbons (Fsp3) is 0.375. The summed E-state index contributed by atoms with van der Waals surface area (Å²) in [6, 6.07) is 16.3. The molecule has 0 fully saturated rings. The number of nitrogens with one attached hydrogen (secondary N) is 1. The SMILES string of the molecule is CCOCCCNC(=O)C(C)Sc1nnc(-c2ccccc2)n1-c1ccc(C)c(C)c1. The molecule has 1 aromatic heterocycles. The molecule has 1 heterocycles. The first-order chi connectivity index (χ1) is 15.0. The molecule has 0 bridgehead atoms. The van der Waals surface area contributed by atoms with Crippen LogP contribution >= 0.6 is 11.8 Å². The fourth-order valence-corrected chi connectivity index (χ4v) is 4.00. The molecule has 0 saturated carbocycles. The summed E-state index contributed by atoms with van der Waals surface area (Å²) in [5.74, 6) is 0.744. The lowest BCUT2D eigenvalue weighted by atomic mass is 10.1. The molecule has 3 rings (SSSR count). The molecule has 3 aromatic rings. The number of hydrogen-bond donors (Lipinski definition) is 1. The zero-order valence-corrected chi connectivity index (χ0v) is 19.4. The molecule has 1 atom stereocenters. The van der Waals surface area contributed by atoms with Crippen LogP contribution in [0.25, 0.3) is 17.1 Å². The molecule has 0 spiro atoms. The van der Waals surface area contributed by atoms with E-state index in [1.807, 2.05) is 48.7 Å². The van der Waals surface area contributed by atoms with Crippen molar-refractivity contribution in [3.63, 3.8) is 0 Å². The Morgan fingerprint density at radius 2 is 1.90 bits per heavy atom. The quantitative estimate of drug-likeness (QED) is 0.371. The molecule has 1 unspecified atom stereocenters. The van der Waals surface area contributed by atoms with Gasteiger partial charge in [0.15, 0.2) is 11.0 Å². The number of aromatic nitrogens is 3. The zero-order valence-electron chi connectivity index (χ0n) is 18.6. The fourth-order valence-electron chi connectivity index (χ4n) is 3.10. The summed E-state index contributed by atoms with van der Waals surface area (Å²) < 4.78 is 7.35. The van der Waals surface area contributed by atoms with E-state index in [0.717, 1.165) is 23.5 Å². The Balaban J connectivity index is 1.84. The lowest BCUT2D eigenvalue weighted by Gasteiger charge is -2.15. The van der Waals surface area contributed by atoms with Crippen molar-refractivity contribution in [3.05, 3.63) is 59.7 Å². The van der Waals surface area contributed by atoms with Gasteiger partial charge in [-0.15, -0.1) is 10.2 Å². The molecule has 1 amide bonds. The van der Waals surface area contributed by atoms with Crippen LogP contribution in [-0.2, 0) is 9.53 Å². The van der Waals surface area contributed by atoms with Crippen LogP contribution < -0.4 is 5.32 Å². The Morgan fingerprint density at radius 3 is 2.61 bits per heavy atom. The van der Waals surface area contributed by atoms with Crippen LogP contribution in [0.2, 0.25) is 0 Å². The van der Waals surface area contributed by atoms with E-state index in [-0.39, 0.29) is 11.2 Å². The molecule has 164 valence electrons. The number of carbonyl (C=O) groups excluding carboxylic acids is 1. The van der Waals surface area contributed by atoms with Crippen molar-refractivity contribution < 1.29 is 9.53 Å². The molecular formula is C24H30N4O2S. The molecule has 0 aliphatic carbocycles. The monoisotopic (exact) mass is 438 g/mol.